The number of hydrogen-bond donors (Lipinski definition) is 2. The number of amides is 1. The number of anilines is 1. The average Bonchev–Trinajstić information content (AvgIpc) is 2.72. The highest BCUT2D eigenvalue weighted by atomic mass is 16.5. The monoisotopic (exact) mass is 240 g/mol. The van der Waals surface area contributed by atoms with Crippen molar-refractivity contribution in [2.75, 3.05) is 18.5 Å². The van der Waals surface area contributed by atoms with E-state index in [9.17, 15) is 4.79 Å². The van der Waals surface area contributed by atoms with Crippen LogP contribution in [0.2, 0.25) is 0 Å². The molecule has 1 aromatic heterocycles. The predicted octanol–water partition coefficient (Wildman–Crippen LogP) is 1.37. The third-order valence-corrected chi connectivity index (χ3v) is 2.04. The predicted molar refractivity (Wildman–Crippen MR) is 64.7 cm³/mol. The SMILES string of the molecule is CCc1nc(NC(=O)CCOCC(C)C)n[nH]1. The molecule has 0 bridgehead atoms. The first-order valence-corrected chi connectivity index (χ1v) is 5.90. The van der Waals surface area contributed by atoms with Gasteiger partial charge in [-0.1, -0.05) is 20.8 Å². The summed E-state index contributed by atoms with van der Waals surface area (Å²) in [6, 6.07) is 0. The Balaban J connectivity index is 2.20. The van der Waals surface area contributed by atoms with Gasteiger partial charge in [0.2, 0.25) is 11.9 Å². The molecule has 6 nitrogen and oxygen atoms in total. The number of aryl methyl sites for hydroxylation is 1. The van der Waals surface area contributed by atoms with Crippen LogP contribution in [0.4, 0.5) is 5.95 Å². The highest BCUT2D eigenvalue weighted by Gasteiger charge is 2.06. The maximum atomic E-state index is 11.5. The van der Waals surface area contributed by atoms with E-state index in [1.54, 1.807) is 0 Å². The number of H-pyrrole nitrogens is 1. The third-order valence-electron chi connectivity index (χ3n) is 2.04. The van der Waals surface area contributed by atoms with Gasteiger partial charge in [0.15, 0.2) is 0 Å². The number of ether oxygens (including phenoxy) is 1. The maximum Gasteiger partial charge on any atom is 0.248 e. The molecular formula is C11H20N4O2. The van der Waals surface area contributed by atoms with Gasteiger partial charge in [0, 0.05) is 13.0 Å². The molecule has 2 N–H and O–H groups in total. The van der Waals surface area contributed by atoms with Crippen molar-refractivity contribution in [3.63, 3.8) is 0 Å². The molecule has 6 heteroatoms. The Labute approximate surface area is 101 Å². The summed E-state index contributed by atoms with van der Waals surface area (Å²) in [5.74, 6) is 1.45. The molecule has 1 heterocycles. The fraction of sp³-hybridized carbons (Fsp3) is 0.727. The summed E-state index contributed by atoms with van der Waals surface area (Å²) in [4.78, 5) is 15.6. The van der Waals surface area contributed by atoms with Gasteiger partial charge in [0.05, 0.1) is 13.0 Å². The van der Waals surface area contributed by atoms with Crippen LogP contribution in [0.25, 0.3) is 0 Å². The molecule has 0 aromatic carbocycles. The quantitative estimate of drug-likeness (QED) is 0.705. The van der Waals surface area contributed by atoms with Crippen molar-refractivity contribution >= 4 is 11.9 Å². The molecule has 96 valence electrons. The Kier molecular flexibility index (Phi) is 5.62. The lowest BCUT2D eigenvalue weighted by Gasteiger charge is -2.05. The van der Waals surface area contributed by atoms with Crippen LogP contribution in [0.3, 0.4) is 0 Å². The minimum Gasteiger partial charge on any atom is -0.381 e. The second-order valence-corrected chi connectivity index (χ2v) is 4.23. The van der Waals surface area contributed by atoms with Crippen LogP contribution in [0.15, 0.2) is 0 Å². The second-order valence-electron chi connectivity index (χ2n) is 4.23. The summed E-state index contributed by atoms with van der Waals surface area (Å²) in [6.07, 6.45) is 1.09. The van der Waals surface area contributed by atoms with Crippen LogP contribution in [0, 0.1) is 5.92 Å². The van der Waals surface area contributed by atoms with Crippen LogP contribution in [-0.2, 0) is 16.0 Å². The minimum absolute atomic E-state index is 0.129. The Morgan fingerprint density at radius 3 is 2.88 bits per heavy atom. The fourth-order valence-electron chi connectivity index (χ4n) is 1.18. The first-order chi connectivity index (χ1) is 8.11. The van der Waals surface area contributed by atoms with Crippen molar-refractivity contribution in [2.24, 2.45) is 5.92 Å². The zero-order chi connectivity index (χ0) is 12.7. The highest BCUT2D eigenvalue weighted by molar-refractivity contribution is 5.88. The van der Waals surface area contributed by atoms with Crippen molar-refractivity contribution in [3.8, 4) is 0 Å². The largest absolute Gasteiger partial charge is 0.381 e. The Hall–Kier alpha value is -1.43. The van der Waals surface area contributed by atoms with E-state index in [0.717, 1.165) is 12.2 Å². The highest BCUT2D eigenvalue weighted by Crippen LogP contribution is 2.00. The number of carbonyl (C=O) groups excluding carboxylic acids is 1. The van der Waals surface area contributed by atoms with E-state index in [1.807, 2.05) is 6.92 Å². The van der Waals surface area contributed by atoms with Gasteiger partial charge in [-0.2, -0.15) is 4.98 Å². The van der Waals surface area contributed by atoms with Gasteiger partial charge in [-0.3, -0.25) is 15.2 Å². The van der Waals surface area contributed by atoms with Crippen LogP contribution in [0.5, 0.6) is 0 Å². The number of aromatic nitrogens is 3. The fourth-order valence-corrected chi connectivity index (χ4v) is 1.18. The number of carbonyl (C=O) groups is 1. The van der Waals surface area contributed by atoms with E-state index in [4.69, 9.17) is 4.74 Å². The van der Waals surface area contributed by atoms with E-state index in [-0.39, 0.29) is 5.91 Å². The Bertz CT molecular complexity index is 349. The summed E-state index contributed by atoms with van der Waals surface area (Å²) in [6.45, 7) is 7.20. The van der Waals surface area contributed by atoms with Gasteiger partial charge in [-0.05, 0) is 5.92 Å². The van der Waals surface area contributed by atoms with E-state index in [2.05, 4.69) is 34.3 Å². The summed E-state index contributed by atoms with van der Waals surface area (Å²) < 4.78 is 5.32. The van der Waals surface area contributed by atoms with Crippen LogP contribution in [-0.4, -0.2) is 34.3 Å². The maximum absolute atomic E-state index is 11.5. The Morgan fingerprint density at radius 1 is 1.53 bits per heavy atom. The molecule has 1 aromatic rings. The van der Waals surface area contributed by atoms with Crippen molar-refractivity contribution < 1.29 is 9.53 Å². The lowest BCUT2D eigenvalue weighted by Crippen LogP contribution is -2.16. The summed E-state index contributed by atoms with van der Waals surface area (Å²) in [7, 11) is 0. The van der Waals surface area contributed by atoms with E-state index in [0.29, 0.717) is 31.5 Å². The van der Waals surface area contributed by atoms with Gasteiger partial charge in [0.25, 0.3) is 0 Å². The minimum atomic E-state index is -0.129. The van der Waals surface area contributed by atoms with Crippen molar-refractivity contribution in [3.05, 3.63) is 5.82 Å². The van der Waals surface area contributed by atoms with Gasteiger partial charge in [0.1, 0.15) is 5.82 Å². The molecule has 0 aliphatic rings. The molecule has 1 rings (SSSR count). The second kappa shape index (κ2) is 7.01. The van der Waals surface area contributed by atoms with Gasteiger partial charge >= 0.3 is 0 Å². The van der Waals surface area contributed by atoms with E-state index in [1.165, 1.54) is 0 Å². The van der Waals surface area contributed by atoms with Gasteiger partial charge in [-0.15, -0.1) is 5.10 Å². The molecule has 0 saturated carbocycles. The lowest BCUT2D eigenvalue weighted by atomic mass is 10.2. The third kappa shape index (κ3) is 5.44. The zero-order valence-electron chi connectivity index (χ0n) is 10.6. The number of aromatic amines is 1. The van der Waals surface area contributed by atoms with Crippen molar-refractivity contribution in [1.29, 1.82) is 0 Å². The van der Waals surface area contributed by atoms with Crippen molar-refractivity contribution in [2.45, 2.75) is 33.6 Å². The number of nitrogens with one attached hydrogen (secondary N) is 2. The first-order valence-electron chi connectivity index (χ1n) is 5.90. The molecule has 0 saturated heterocycles. The topological polar surface area (TPSA) is 79.9 Å². The molecular weight excluding hydrogens is 220 g/mol. The molecule has 17 heavy (non-hydrogen) atoms. The van der Waals surface area contributed by atoms with Crippen LogP contribution in [0.1, 0.15) is 33.0 Å². The van der Waals surface area contributed by atoms with Crippen LogP contribution >= 0.6 is 0 Å². The smallest absolute Gasteiger partial charge is 0.248 e. The summed E-state index contributed by atoms with van der Waals surface area (Å²) in [5, 5.41) is 9.22. The summed E-state index contributed by atoms with van der Waals surface area (Å²) in [5.41, 5.74) is 0. The standard InChI is InChI=1S/C11H20N4O2/c1-4-9-12-11(15-14-9)13-10(16)5-6-17-7-8(2)3/h8H,4-7H2,1-3H3,(H2,12,13,14,15,16). The molecule has 0 radical (unpaired) electrons. The molecule has 0 unspecified atom stereocenters. The molecule has 0 atom stereocenters. The molecule has 1 amide bonds. The van der Waals surface area contributed by atoms with Crippen molar-refractivity contribution in [1.82, 2.24) is 15.2 Å². The Morgan fingerprint density at radius 2 is 2.29 bits per heavy atom. The van der Waals surface area contributed by atoms with Crippen LogP contribution < -0.4 is 5.32 Å². The molecule has 0 fully saturated rings. The van der Waals surface area contributed by atoms with Gasteiger partial charge < -0.3 is 4.74 Å². The van der Waals surface area contributed by atoms with E-state index >= 15 is 0 Å². The average molecular weight is 240 g/mol. The molecule has 0 aliphatic heterocycles. The molecule has 0 aliphatic carbocycles. The molecule has 0 spiro atoms. The summed E-state index contributed by atoms with van der Waals surface area (Å²) >= 11 is 0. The number of rotatable bonds is 7. The number of nitrogens with zero attached hydrogens (tertiary/aromatic N) is 2. The lowest BCUT2D eigenvalue weighted by molar-refractivity contribution is -0.117. The van der Waals surface area contributed by atoms with Gasteiger partial charge in [-0.25, -0.2) is 0 Å². The zero-order valence-corrected chi connectivity index (χ0v) is 10.6. The first kappa shape index (κ1) is 13.6. The van der Waals surface area contributed by atoms with E-state index < -0.39 is 0 Å². The number of hydrogen-bond acceptors (Lipinski definition) is 4. The normalized spacial score (nSPS) is 10.8.